The Balaban J connectivity index is 2.06. The molecule has 0 spiro atoms. The summed E-state index contributed by atoms with van der Waals surface area (Å²) in [6.45, 7) is 0. The minimum atomic E-state index is 0.0982. The highest BCUT2D eigenvalue weighted by molar-refractivity contribution is 9.11. The Kier molecular flexibility index (Phi) is 5.19. The molecule has 0 saturated carbocycles. The van der Waals surface area contributed by atoms with Crippen molar-refractivity contribution in [3.8, 4) is 17.1 Å². The van der Waals surface area contributed by atoms with Gasteiger partial charge in [0.25, 0.3) is 0 Å². The Morgan fingerprint density at radius 3 is 2.75 bits per heavy atom. The van der Waals surface area contributed by atoms with E-state index < -0.39 is 0 Å². The second-order valence-electron chi connectivity index (χ2n) is 4.69. The zero-order valence-corrected chi connectivity index (χ0v) is 16.6. The van der Waals surface area contributed by atoms with Crippen molar-refractivity contribution in [2.45, 2.75) is 0 Å². The molecule has 3 rings (SSSR count). The van der Waals surface area contributed by atoms with Crippen LogP contribution in [-0.4, -0.2) is 26.2 Å². The molecule has 0 amide bonds. The summed E-state index contributed by atoms with van der Waals surface area (Å²) in [5.41, 5.74) is 1.39. The van der Waals surface area contributed by atoms with Crippen molar-refractivity contribution in [2.24, 2.45) is 5.10 Å². The summed E-state index contributed by atoms with van der Waals surface area (Å²) in [5, 5.41) is 21.8. The predicted octanol–water partition coefficient (Wildman–Crippen LogP) is 5.37. The molecule has 1 heterocycles. The third-order valence-corrected chi connectivity index (χ3v) is 5.24. The molecular weight excluding hydrogens is 480 g/mol. The smallest absolute Gasteiger partial charge is 0.216 e. The maximum Gasteiger partial charge on any atom is 0.216 e. The number of hydrogen-bond donors (Lipinski definition) is 2. The van der Waals surface area contributed by atoms with Crippen LogP contribution in [0.2, 0.25) is 5.02 Å². The SMILES string of the molecule is Oc1c(Br)ccc(C=Nn2c(-c3ccccc3Cl)n[nH]c2=S)c1Br. The van der Waals surface area contributed by atoms with Gasteiger partial charge < -0.3 is 5.11 Å². The van der Waals surface area contributed by atoms with E-state index in [1.165, 1.54) is 4.68 Å². The van der Waals surface area contributed by atoms with E-state index in [9.17, 15) is 5.11 Å². The van der Waals surface area contributed by atoms with Crippen LogP contribution in [0.15, 0.2) is 50.4 Å². The molecule has 122 valence electrons. The van der Waals surface area contributed by atoms with Crippen LogP contribution in [0.25, 0.3) is 11.4 Å². The fourth-order valence-corrected chi connectivity index (χ4v) is 3.44. The highest BCUT2D eigenvalue weighted by Crippen LogP contribution is 2.34. The second kappa shape index (κ2) is 7.18. The highest BCUT2D eigenvalue weighted by Gasteiger charge is 2.12. The third kappa shape index (κ3) is 3.32. The molecule has 0 fully saturated rings. The molecule has 1 aromatic heterocycles. The molecule has 9 heteroatoms. The lowest BCUT2D eigenvalue weighted by molar-refractivity contribution is 0.468. The summed E-state index contributed by atoms with van der Waals surface area (Å²) in [7, 11) is 0. The number of phenolic OH excluding ortho intramolecular Hbond substituents is 1. The molecule has 0 bridgehead atoms. The van der Waals surface area contributed by atoms with Gasteiger partial charge in [-0.3, -0.25) is 0 Å². The molecule has 0 aliphatic heterocycles. The number of nitrogens with zero attached hydrogens (tertiary/aromatic N) is 3. The lowest BCUT2D eigenvalue weighted by Gasteiger charge is -2.05. The average molecular weight is 489 g/mol. The standard InChI is InChI=1S/C15H9Br2ClN4OS/c16-10-6-5-8(12(17)13(10)23)7-19-22-14(20-21-15(22)24)9-3-1-2-4-11(9)18/h1-7,23H,(H,21,24). The van der Waals surface area contributed by atoms with Crippen LogP contribution in [0.1, 0.15) is 5.56 Å². The van der Waals surface area contributed by atoms with Crippen molar-refractivity contribution in [3.05, 3.63) is 60.7 Å². The summed E-state index contributed by atoms with van der Waals surface area (Å²) in [6, 6.07) is 10.8. The molecular formula is C15H9Br2ClN4OS. The number of aromatic amines is 1. The number of aromatic hydroxyl groups is 1. The van der Waals surface area contributed by atoms with Crippen molar-refractivity contribution in [3.63, 3.8) is 0 Å². The number of rotatable bonds is 3. The number of phenols is 1. The van der Waals surface area contributed by atoms with Crippen molar-refractivity contribution in [2.75, 3.05) is 0 Å². The van der Waals surface area contributed by atoms with E-state index >= 15 is 0 Å². The van der Waals surface area contributed by atoms with Crippen molar-refractivity contribution >= 4 is 61.9 Å². The van der Waals surface area contributed by atoms with Gasteiger partial charge in [0.15, 0.2) is 5.82 Å². The molecule has 0 unspecified atom stereocenters. The maximum atomic E-state index is 9.95. The van der Waals surface area contributed by atoms with Gasteiger partial charge in [0.2, 0.25) is 4.77 Å². The molecule has 2 aromatic carbocycles. The quantitative estimate of drug-likeness (QED) is 0.385. The number of nitrogens with one attached hydrogen (secondary N) is 1. The van der Waals surface area contributed by atoms with E-state index in [1.54, 1.807) is 24.4 Å². The molecule has 0 aliphatic rings. The monoisotopic (exact) mass is 486 g/mol. The van der Waals surface area contributed by atoms with Gasteiger partial charge in [-0.15, -0.1) is 0 Å². The summed E-state index contributed by atoms with van der Waals surface area (Å²) >= 11 is 18.0. The summed E-state index contributed by atoms with van der Waals surface area (Å²) < 4.78 is 2.92. The molecule has 3 aromatic rings. The fraction of sp³-hybridized carbons (Fsp3) is 0. The number of hydrogen-bond acceptors (Lipinski definition) is 4. The average Bonchev–Trinajstić information content (AvgIpc) is 2.93. The van der Waals surface area contributed by atoms with E-state index in [0.717, 1.165) is 0 Å². The Morgan fingerprint density at radius 1 is 1.25 bits per heavy atom. The molecule has 0 saturated heterocycles. The van der Waals surface area contributed by atoms with Gasteiger partial charge in [-0.25, -0.2) is 5.10 Å². The Morgan fingerprint density at radius 2 is 2.00 bits per heavy atom. The van der Waals surface area contributed by atoms with E-state index in [2.05, 4.69) is 47.2 Å². The normalized spacial score (nSPS) is 11.3. The van der Waals surface area contributed by atoms with Crippen molar-refractivity contribution < 1.29 is 5.11 Å². The van der Waals surface area contributed by atoms with Crippen LogP contribution >= 0.6 is 55.7 Å². The minimum Gasteiger partial charge on any atom is -0.506 e. The zero-order chi connectivity index (χ0) is 17.3. The van der Waals surface area contributed by atoms with Crippen LogP contribution < -0.4 is 0 Å². The van der Waals surface area contributed by atoms with Crippen LogP contribution in [-0.2, 0) is 0 Å². The van der Waals surface area contributed by atoms with Crippen LogP contribution in [0.5, 0.6) is 5.75 Å². The van der Waals surface area contributed by atoms with Gasteiger partial charge in [0.05, 0.1) is 20.2 Å². The number of benzene rings is 2. The van der Waals surface area contributed by atoms with Gasteiger partial charge in [0, 0.05) is 11.1 Å². The van der Waals surface area contributed by atoms with Crippen molar-refractivity contribution in [1.29, 1.82) is 0 Å². The molecule has 24 heavy (non-hydrogen) atoms. The number of H-pyrrole nitrogens is 1. The molecule has 5 nitrogen and oxygen atoms in total. The van der Waals surface area contributed by atoms with E-state index in [1.807, 2.05) is 18.2 Å². The van der Waals surface area contributed by atoms with Gasteiger partial charge in [-0.2, -0.15) is 14.9 Å². The first-order valence-corrected chi connectivity index (χ1v) is 9.00. The Labute approximate surface area is 164 Å². The third-order valence-electron chi connectivity index (χ3n) is 3.17. The van der Waals surface area contributed by atoms with Crippen LogP contribution in [0.4, 0.5) is 0 Å². The first-order valence-electron chi connectivity index (χ1n) is 6.62. The number of aromatic nitrogens is 3. The number of halogens is 3. The largest absolute Gasteiger partial charge is 0.506 e. The summed E-state index contributed by atoms with van der Waals surface area (Å²) in [6.07, 6.45) is 1.57. The van der Waals surface area contributed by atoms with Gasteiger partial charge in [-0.1, -0.05) is 29.8 Å². The van der Waals surface area contributed by atoms with Gasteiger partial charge >= 0.3 is 0 Å². The Bertz CT molecular complexity index is 999. The summed E-state index contributed by atoms with van der Waals surface area (Å²) in [5.74, 6) is 0.598. The highest BCUT2D eigenvalue weighted by atomic mass is 79.9. The molecule has 0 atom stereocenters. The Hall–Kier alpha value is -1.48. The molecule has 0 radical (unpaired) electrons. The van der Waals surface area contributed by atoms with E-state index in [4.69, 9.17) is 23.8 Å². The topological polar surface area (TPSA) is 66.2 Å². The molecule has 2 N–H and O–H groups in total. The van der Waals surface area contributed by atoms with Crippen molar-refractivity contribution in [1.82, 2.24) is 14.9 Å². The van der Waals surface area contributed by atoms with Crippen LogP contribution in [0, 0.1) is 4.77 Å². The predicted molar refractivity (Wildman–Crippen MR) is 104 cm³/mol. The zero-order valence-electron chi connectivity index (χ0n) is 11.9. The molecule has 0 aliphatic carbocycles. The second-order valence-corrected chi connectivity index (χ2v) is 7.13. The van der Waals surface area contributed by atoms with E-state index in [-0.39, 0.29) is 5.75 Å². The lowest BCUT2D eigenvalue weighted by Crippen LogP contribution is -1.96. The summed E-state index contributed by atoms with van der Waals surface area (Å²) in [4.78, 5) is 0. The van der Waals surface area contributed by atoms with E-state index in [0.29, 0.717) is 35.7 Å². The minimum absolute atomic E-state index is 0.0982. The van der Waals surface area contributed by atoms with Crippen LogP contribution in [0.3, 0.4) is 0 Å². The van der Waals surface area contributed by atoms with Gasteiger partial charge in [-0.05, 0) is 62.3 Å². The maximum absolute atomic E-state index is 9.95. The first kappa shape index (κ1) is 17.3. The first-order chi connectivity index (χ1) is 11.5. The van der Waals surface area contributed by atoms with Gasteiger partial charge in [0.1, 0.15) is 5.75 Å². The lowest BCUT2D eigenvalue weighted by atomic mass is 10.2. The fourth-order valence-electron chi connectivity index (χ4n) is 1.99.